The van der Waals surface area contributed by atoms with E-state index < -0.39 is 0 Å². The molecule has 1 unspecified atom stereocenters. The number of hydrogen-bond donors (Lipinski definition) is 1. The number of benzene rings is 1. The van der Waals surface area contributed by atoms with Crippen molar-refractivity contribution >= 4 is 22.9 Å². The van der Waals surface area contributed by atoms with Gasteiger partial charge in [0.1, 0.15) is 5.82 Å². The van der Waals surface area contributed by atoms with Gasteiger partial charge >= 0.3 is 0 Å². The molecule has 2 heterocycles. The molecule has 3 nitrogen and oxygen atoms in total. The molecule has 0 spiro atoms. The number of fused-ring (bicyclic) bond motifs is 1. The second-order valence-electron chi connectivity index (χ2n) is 5.27. The standard InChI is InChI=1S/C16H17FN2OS/c1-11(16(20)18-14-4-2-3-13(17)9-14)19-7-5-15-12(10-19)6-8-21-15/h2-4,6,8-9,11H,5,7,10H2,1H3,(H,18,20). The first-order chi connectivity index (χ1) is 10.1. The predicted molar refractivity (Wildman–Crippen MR) is 82.9 cm³/mol. The van der Waals surface area contributed by atoms with Gasteiger partial charge in [0.15, 0.2) is 0 Å². The summed E-state index contributed by atoms with van der Waals surface area (Å²) in [7, 11) is 0. The Morgan fingerprint density at radius 2 is 2.29 bits per heavy atom. The fraction of sp³-hybridized carbons (Fsp3) is 0.312. The van der Waals surface area contributed by atoms with Crippen molar-refractivity contribution in [1.82, 2.24) is 4.90 Å². The van der Waals surface area contributed by atoms with Crippen molar-refractivity contribution in [2.45, 2.75) is 25.9 Å². The Labute approximate surface area is 127 Å². The van der Waals surface area contributed by atoms with Gasteiger partial charge in [0.25, 0.3) is 0 Å². The first kappa shape index (κ1) is 14.2. The van der Waals surface area contributed by atoms with Crippen molar-refractivity contribution < 1.29 is 9.18 Å². The first-order valence-corrected chi connectivity index (χ1v) is 7.87. The Balaban J connectivity index is 1.65. The number of amides is 1. The Morgan fingerprint density at radius 1 is 1.43 bits per heavy atom. The molecule has 1 aromatic carbocycles. The van der Waals surface area contributed by atoms with Crippen LogP contribution < -0.4 is 5.32 Å². The van der Waals surface area contributed by atoms with E-state index in [1.165, 1.54) is 22.6 Å². The zero-order valence-corrected chi connectivity index (χ0v) is 12.6. The number of nitrogens with zero attached hydrogens (tertiary/aromatic N) is 1. The molecule has 1 aliphatic heterocycles. The van der Waals surface area contributed by atoms with Gasteiger partial charge in [0.05, 0.1) is 6.04 Å². The van der Waals surface area contributed by atoms with Gasteiger partial charge in [-0.15, -0.1) is 11.3 Å². The lowest BCUT2D eigenvalue weighted by molar-refractivity contribution is -0.121. The van der Waals surface area contributed by atoms with Gasteiger partial charge < -0.3 is 5.32 Å². The summed E-state index contributed by atoms with van der Waals surface area (Å²) in [6, 6.07) is 7.87. The Kier molecular flexibility index (Phi) is 4.03. The molecule has 21 heavy (non-hydrogen) atoms. The van der Waals surface area contributed by atoms with Crippen molar-refractivity contribution in [2.75, 3.05) is 11.9 Å². The minimum absolute atomic E-state index is 0.0979. The summed E-state index contributed by atoms with van der Waals surface area (Å²) < 4.78 is 13.1. The van der Waals surface area contributed by atoms with Crippen molar-refractivity contribution in [3.63, 3.8) is 0 Å². The topological polar surface area (TPSA) is 32.3 Å². The average molecular weight is 304 g/mol. The molecule has 0 aliphatic carbocycles. The smallest absolute Gasteiger partial charge is 0.241 e. The Hall–Kier alpha value is -1.72. The molecule has 1 aromatic heterocycles. The first-order valence-electron chi connectivity index (χ1n) is 6.99. The molecule has 5 heteroatoms. The van der Waals surface area contributed by atoms with E-state index in [9.17, 15) is 9.18 Å². The van der Waals surface area contributed by atoms with Crippen molar-refractivity contribution in [1.29, 1.82) is 0 Å². The summed E-state index contributed by atoms with van der Waals surface area (Å²) in [5, 5.41) is 4.88. The molecule has 0 saturated carbocycles. The molecular formula is C16H17FN2OS. The number of carbonyl (C=O) groups is 1. The van der Waals surface area contributed by atoms with Crippen molar-refractivity contribution in [3.05, 3.63) is 52.0 Å². The minimum Gasteiger partial charge on any atom is -0.325 e. The van der Waals surface area contributed by atoms with Crippen LogP contribution in [0.2, 0.25) is 0 Å². The summed E-state index contributed by atoms with van der Waals surface area (Å²) in [5.74, 6) is -0.444. The van der Waals surface area contributed by atoms with Crippen LogP contribution in [-0.2, 0) is 17.8 Å². The number of carbonyl (C=O) groups excluding carboxylic acids is 1. The molecule has 1 atom stereocenters. The lowest BCUT2D eigenvalue weighted by Gasteiger charge is -2.31. The Bertz CT molecular complexity index is 655. The maximum Gasteiger partial charge on any atom is 0.241 e. The van der Waals surface area contributed by atoms with E-state index in [1.807, 2.05) is 6.92 Å². The van der Waals surface area contributed by atoms with E-state index in [4.69, 9.17) is 0 Å². The van der Waals surface area contributed by atoms with Crippen LogP contribution in [0.3, 0.4) is 0 Å². The highest BCUT2D eigenvalue weighted by Gasteiger charge is 2.25. The van der Waals surface area contributed by atoms with E-state index in [0.29, 0.717) is 5.69 Å². The van der Waals surface area contributed by atoms with Gasteiger partial charge in [0, 0.05) is 23.7 Å². The van der Waals surface area contributed by atoms with Crippen molar-refractivity contribution in [2.24, 2.45) is 0 Å². The number of anilines is 1. The van der Waals surface area contributed by atoms with E-state index in [1.54, 1.807) is 23.5 Å². The van der Waals surface area contributed by atoms with Gasteiger partial charge in [-0.25, -0.2) is 4.39 Å². The zero-order valence-electron chi connectivity index (χ0n) is 11.8. The highest BCUT2D eigenvalue weighted by Crippen LogP contribution is 2.25. The maximum atomic E-state index is 13.1. The molecular weight excluding hydrogens is 287 g/mol. The van der Waals surface area contributed by atoms with Crippen LogP contribution in [0.15, 0.2) is 35.7 Å². The third kappa shape index (κ3) is 3.14. The van der Waals surface area contributed by atoms with Gasteiger partial charge in [0.2, 0.25) is 5.91 Å². The summed E-state index contributed by atoms with van der Waals surface area (Å²) in [4.78, 5) is 15.9. The molecule has 0 radical (unpaired) electrons. The molecule has 2 aromatic rings. The fourth-order valence-electron chi connectivity index (χ4n) is 2.58. The third-order valence-electron chi connectivity index (χ3n) is 3.86. The normalized spacial score (nSPS) is 16.3. The molecule has 0 bridgehead atoms. The number of halogens is 1. The number of rotatable bonds is 3. The maximum absolute atomic E-state index is 13.1. The van der Waals surface area contributed by atoms with E-state index in [-0.39, 0.29) is 17.8 Å². The van der Waals surface area contributed by atoms with E-state index in [2.05, 4.69) is 21.7 Å². The number of thiophene rings is 1. The zero-order chi connectivity index (χ0) is 14.8. The van der Waals surface area contributed by atoms with Crippen LogP contribution in [0, 0.1) is 5.82 Å². The van der Waals surface area contributed by atoms with Gasteiger partial charge in [-0.1, -0.05) is 6.07 Å². The fourth-order valence-corrected chi connectivity index (χ4v) is 3.47. The van der Waals surface area contributed by atoms with Gasteiger partial charge in [-0.05, 0) is 48.6 Å². The third-order valence-corrected chi connectivity index (χ3v) is 4.88. The minimum atomic E-state index is -0.346. The second-order valence-corrected chi connectivity index (χ2v) is 6.27. The molecule has 1 N–H and O–H groups in total. The lowest BCUT2D eigenvalue weighted by atomic mass is 10.1. The van der Waals surface area contributed by atoms with Crippen LogP contribution in [0.1, 0.15) is 17.4 Å². The quantitative estimate of drug-likeness (QED) is 0.944. The van der Waals surface area contributed by atoms with Crippen LogP contribution in [0.4, 0.5) is 10.1 Å². The highest BCUT2D eigenvalue weighted by atomic mass is 32.1. The summed E-state index contributed by atoms with van der Waals surface area (Å²) >= 11 is 1.78. The van der Waals surface area contributed by atoms with Crippen LogP contribution in [0.5, 0.6) is 0 Å². The summed E-state index contributed by atoms with van der Waals surface area (Å²) in [5.41, 5.74) is 1.82. The number of nitrogens with one attached hydrogen (secondary N) is 1. The molecule has 0 saturated heterocycles. The molecule has 3 rings (SSSR count). The van der Waals surface area contributed by atoms with Crippen LogP contribution in [0.25, 0.3) is 0 Å². The average Bonchev–Trinajstić information content (AvgIpc) is 2.93. The Morgan fingerprint density at radius 3 is 3.10 bits per heavy atom. The largest absolute Gasteiger partial charge is 0.325 e. The van der Waals surface area contributed by atoms with E-state index in [0.717, 1.165) is 19.5 Å². The monoisotopic (exact) mass is 304 g/mol. The number of hydrogen-bond acceptors (Lipinski definition) is 3. The SMILES string of the molecule is CC(C(=O)Nc1cccc(F)c1)N1CCc2sccc2C1. The van der Waals surface area contributed by atoms with Gasteiger partial charge in [-0.3, -0.25) is 9.69 Å². The van der Waals surface area contributed by atoms with Crippen molar-refractivity contribution in [3.8, 4) is 0 Å². The second kappa shape index (κ2) is 5.95. The summed E-state index contributed by atoms with van der Waals surface area (Å²) in [6.45, 7) is 3.58. The molecule has 1 amide bonds. The van der Waals surface area contributed by atoms with E-state index >= 15 is 0 Å². The lowest BCUT2D eigenvalue weighted by Crippen LogP contribution is -2.44. The molecule has 110 valence electrons. The molecule has 1 aliphatic rings. The van der Waals surface area contributed by atoms with Gasteiger partial charge in [-0.2, -0.15) is 0 Å². The summed E-state index contributed by atoms with van der Waals surface area (Å²) in [6.07, 6.45) is 0.991. The van der Waals surface area contributed by atoms with Crippen LogP contribution in [-0.4, -0.2) is 23.4 Å². The molecule has 0 fully saturated rings. The highest BCUT2D eigenvalue weighted by molar-refractivity contribution is 7.10. The van der Waals surface area contributed by atoms with Crippen LogP contribution >= 0.6 is 11.3 Å². The predicted octanol–water partition coefficient (Wildman–Crippen LogP) is 3.27.